The van der Waals surface area contributed by atoms with Gasteiger partial charge >= 0.3 is 0 Å². The summed E-state index contributed by atoms with van der Waals surface area (Å²) in [4.78, 5) is 3.83. The maximum atomic E-state index is 12.1. The zero-order chi connectivity index (χ0) is 12.2. The number of nitrogen functional groups attached to an aromatic ring is 1. The summed E-state index contributed by atoms with van der Waals surface area (Å²) in [6, 6.07) is 3.14. The molecule has 0 saturated heterocycles. The third kappa shape index (κ3) is 2.70. The van der Waals surface area contributed by atoms with Gasteiger partial charge in [-0.15, -0.1) is 0 Å². The van der Waals surface area contributed by atoms with Crippen LogP contribution < -0.4 is 5.73 Å². The fraction of sp³-hybridized carbons (Fsp3) is 0.500. The number of pyridine rings is 1. The predicted molar refractivity (Wildman–Crippen MR) is 61.8 cm³/mol. The van der Waals surface area contributed by atoms with Crippen molar-refractivity contribution in [3.05, 3.63) is 18.3 Å². The largest absolute Gasteiger partial charge is 0.396 e. The van der Waals surface area contributed by atoms with Gasteiger partial charge in [-0.25, -0.2) is 13.4 Å². The number of nitrogens with zero attached hydrogens (tertiary/aromatic N) is 1. The highest BCUT2D eigenvalue weighted by Gasteiger charge is 2.26. The lowest BCUT2D eigenvalue weighted by Gasteiger charge is -2.12. The summed E-state index contributed by atoms with van der Waals surface area (Å²) >= 11 is 0. The summed E-state index contributed by atoms with van der Waals surface area (Å²) in [5.41, 5.74) is 5.79. The van der Waals surface area contributed by atoms with Crippen molar-refractivity contribution in [2.24, 2.45) is 0 Å². The number of anilines is 1. The second kappa shape index (κ2) is 5.27. The average Bonchev–Trinajstić information content (AvgIpc) is 2.26. The first-order chi connectivity index (χ1) is 7.50. The van der Waals surface area contributed by atoms with E-state index in [1.807, 2.05) is 0 Å². The van der Waals surface area contributed by atoms with E-state index in [-0.39, 0.29) is 10.7 Å². The van der Waals surface area contributed by atoms with Crippen molar-refractivity contribution in [3.8, 4) is 0 Å². The molecule has 0 amide bonds. The Morgan fingerprint density at radius 2 is 2.25 bits per heavy atom. The first-order valence-electron chi connectivity index (χ1n) is 4.93. The second-order valence-electron chi connectivity index (χ2n) is 3.53. The lowest BCUT2D eigenvalue weighted by atomic mass is 10.3. The number of rotatable bonds is 5. The van der Waals surface area contributed by atoms with E-state index in [9.17, 15) is 8.42 Å². The highest BCUT2D eigenvalue weighted by molar-refractivity contribution is 7.92. The number of ether oxygens (including phenoxy) is 1. The molecule has 1 unspecified atom stereocenters. The van der Waals surface area contributed by atoms with E-state index in [0.29, 0.717) is 13.0 Å². The minimum absolute atomic E-state index is 0.0430. The summed E-state index contributed by atoms with van der Waals surface area (Å²) in [5.74, 6) is 0. The first kappa shape index (κ1) is 12.9. The van der Waals surface area contributed by atoms with Gasteiger partial charge in [0.15, 0.2) is 14.9 Å². The molecule has 1 aromatic heterocycles. The van der Waals surface area contributed by atoms with Gasteiger partial charge < -0.3 is 10.5 Å². The maximum Gasteiger partial charge on any atom is 0.200 e. The van der Waals surface area contributed by atoms with E-state index >= 15 is 0 Å². The van der Waals surface area contributed by atoms with Gasteiger partial charge in [-0.2, -0.15) is 0 Å². The number of hydrogen-bond acceptors (Lipinski definition) is 5. The molecule has 90 valence electrons. The van der Waals surface area contributed by atoms with Gasteiger partial charge in [-0.3, -0.25) is 0 Å². The molecular weight excluding hydrogens is 228 g/mol. The lowest BCUT2D eigenvalue weighted by molar-refractivity contribution is 0.194. The topological polar surface area (TPSA) is 82.3 Å². The Labute approximate surface area is 95.6 Å². The molecule has 1 atom stereocenters. The third-order valence-electron chi connectivity index (χ3n) is 2.33. The van der Waals surface area contributed by atoms with Crippen molar-refractivity contribution < 1.29 is 13.2 Å². The molecule has 6 heteroatoms. The Morgan fingerprint density at radius 3 is 2.81 bits per heavy atom. The van der Waals surface area contributed by atoms with Crippen LogP contribution in [0.2, 0.25) is 0 Å². The van der Waals surface area contributed by atoms with Crippen LogP contribution in [0.1, 0.15) is 13.3 Å². The molecule has 0 aromatic carbocycles. The highest BCUT2D eigenvalue weighted by atomic mass is 32.2. The molecule has 0 saturated carbocycles. The minimum Gasteiger partial charge on any atom is -0.396 e. The van der Waals surface area contributed by atoms with E-state index in [2.05, 4.69) is 4.98 Å². The molecule has 0 radical (unpaired) electrons. The number of nitrogens with two attached hydrogens (primary N) is 1. The molecule has 2 N–H and O–H groups in total. The van der Waals surface area contributed by atoms with Gasteiger partial charge in [0.05, 0.1) is 10.9 Å². The molecule has 1 rings (SSSR count). The normalized spacial score (nSPS) is 13.6. The number of aromatic nitrogens is 1. The molecule has 0 spiro atoms. The summed E-state index contributed by atoms with van der Waals surface area (Å²) < 4.78 is 29.0. The average molecular weight is 244 g/mol. The zero-order valence-electron chi connectivity index (χ0n) is 9.38. The summed E-state index contributed by atoms with van der Waals surface area (Å²) in [6.45, 7) is 2.02. The summed E-state index contributed by atoms with van der Waals surface area (Å²) in [5, 5.41) is -0.594. The van der Waals surface area contributed by atoms with Crippen LogP contribution in [0.15, 0.2) is 23.4 Å². The standard InChI is InChI=1S/C10H16N2O3S/c1-8(5-7-15-2)16(13,14)10-9(11)4-3-6-12-10/h3-4,6,8H,5,7,11H2,1-2H3. The first-order valence-corrected chi connectivity index (χ1v) is 6.48. The van der Waals surface area contributed by atoms with Crippen LogP contribution in [0.3, 0.4) is 0 Å². The van der Waals surface area contributed by atoms with Crippen LogP contribution in [0.25, 0.3) is 0 Å². The van der Waals surface area contributed by atoms with E-state index in [1.165, 1.54) is 19.4 Å². The molecule has 1 aromatic rings. The highest BCUT2D eigenvalue weighted by Crippen LogP contribution is 2.21. The second-order valence-corrected chi connectivity index (χ2v) is 5.82. The van der Waals surface area contributed by atoms with Crippen molar-refractivity contribution in [1.29, 1.82) is 0 Å². The monoisotopic (exact) mass is 244 g/mol. The predicted octanol–water partition coefficient (Wildman–Crippen LogP) is 0.862. The Balaban J connectivity index is 2.98. The van der Waals surface area contributed by atoms with Gasteiger partial charge in [-0.1, -0.05) is 0 Å². The summed E-state index contributed by atoms with van der Waals surface area (Å²) in [6.07, 6.45) is 1.85. The van der Waals surface area contributed by atoms with Gasteiger partial charge in [0.2, 0.25) is 0 Å². The Morgan fingerprint density at radius 1 is 1.56 bits per heavy atom. The Kier molecular flexibility index (Phi) is 4.26. The SMILES string of the molecule is COCCC(C)S(=O)(=O)c1ncccc1N. The van der Waals surface area contributed by atoms with Crippen molar-refractivity contribution >= 4 is 15.5 Å². The smallest absolute Gasteiger partial charge is 0.200 e. The van der Waals surface area contributed by atoms with Gasteiger partial charge in [-0.05, 0) is 25.5 Å². The fourth-order valence-corrected chi connectivity index (χ4v) is 2.66. The molecule has 5 nitrogen and oxygen atoms in total. The fourth-order valence-electron chi connectivity index (χ4n) is 1.27. The lowest BCUT2D eigenvalue weighted by Crippen LogP contribution is -2.21. The van der Waals surface area contributed by atoms with Crippen LogP contribution in [0.5, 0.6) is 0 Å². The van der Waals surface area contributed by atoms with Crippen molar-refractivity contribution in [3.63, 3.8) is 0 Å². The van der Waals surface area contributed by atoms with E-state index in [1.54, 1.807) is 13.0 Å². The van der Waals surface area contributed by atoms with Gasteiger partial charge in [0.25, 0.3) is 0 Å². The van der Waals surface area contributed by atoms with Crippen molar-refractivity contribution in [1.82, 2.24) is 4.98 Å². The van der Waals surface area contributed by atoms with E-state index in [0.717, 1.165) is 0 Å². The van der Waals surface area contributed by atoms with E-state index in [4.69, 9.17) is 10.5 Å². The van der Waals surface area contributed by atoms with E-state index < -0.39 is 15.1 Å². The molecule has 1 heterocycles. The van der Waals surface area contributed by atoms with Gasteiger partial charge in [0.1, 0.15) is 0 Å². The minimum atomic E-state index is -3.46. The van der Waals surface area contributed by atoms with Crippen LogP contribution in [0.4, 0.5) is 5.69 Å². The van der Waals surface area contributed by atoms with Gasteiger partial charge in [0, 0.05) is 19.9 Å². The molecule has 16 heavy (non-hydrogen) atoms. The molecule has 0 aliphatic carbocycles. The molecule has 0 bridgehead atoms. The van der Waals surface area contributed by atoms with Crippen LogP contribution in [0, 0.1) is 0 Å². The molecule has 0 fully saturated rings. The van der Waals surface area contributed by atoms with Crippen molar-refractivity contribution in [2.75, 3.05) is 19.5 Å². The Bertz CT molecular complexity index is 445. The number of sulfone groups is 1. The zero-order valence-corrected chi connectivity index (χ0v) is 10.2. The number of methoxy groups -OCH3 is 1. The number of hydrogen-bond donors (Lipinski definition) is 1. The molecular formula is C10H16N2O3S. The van der Waals surface area contributed by atoms with Crippen molar-refractivity contribution in [2.45, 2.75) is 23.6 Å². The quantitative estimate of drug-likeness (QED) is 0.830. The Hall–Kier alpha value is -1.14. The third-order valence-corrected chi connectivity index (χ3v) is 4.50. The van der Waals surface area contributed by atoms with Crippen LogP contribution in [-0.2, 0) is 14.6 Å². The van der Waals surface area contributed by atoms with Crippen LogP contribution >= 0.6 is 0 Å². The molecule has 0 aliphatic heterocycles. The molecule has 0 aliphatic rings. The summed E-state index contributed by atoms with van der Waals surface area (Å²) in [7, 11) is -1.92. The van der Waals surface area contributed by atoms with Crippen LogP contribution in [-0.4, -0.2) is 32.4 Å². The maximum absolute atomic E-state index is 12.1.